The summed E-state index contributed by atoms with van der Waals surface area (Å²) < 4.78 is 12.0. The van der Waals surface area contributed by atoms with Crippen LogP contribution >= 0.6 is 0 Å². The average molecular weight is 415 g/mol. The molecule has 0 saturated carbocycles. The van der Waals surface area contributed by atoms with Crippen molar-refractivity contribution in [2.75, 3.05) is 16.8 Å². The molecule has 0 bridgehead atoms. The standard InChI is InChI=1S/C21H17N7O3/c29-21-28-16-3-1-13(14-2-4-20(23-11-14)27-7-6-24-26-27)9-15(16)10-17(28)18(31-21)12-22-19-5-8-30-25-19/h1-9,11,17-18H,10,12H2,(H,22,25)/t17-,18?/m0/s1. The molecule has 31 heavy (non-hydrogen) atoms. The van der Waals surface area contributed by atoms with E-state index < -0.39 is 0 Å². The molecule has 0 aliphatic carbocycles. The number of nitrogens with one attached hydrogen (secondary N) is 1. The van der Waals surface area contributed by atoms with Crippen LogP contribution < -0.4 is 10.2 Å². The van der Waals surface area contributed by atoms with Gasteiger partial charge in [0.1, 0.15) is 12.4 Å². The van der Waals surface area contributed by atoms with E-state index in [4.69, 9.17) is 9.26 Å². The van der Waals surface area contributed by atoms with Gasteiger partial charge in [-0.15, -0.1) is 5.10 Å². The minimum absolute atomic E-state index is 0.0510. The number of rotatable bonds is 5. The summed E-state index contributed by atoms with van der Waals surface area (Å²) in [6, 6.07) is 11.7. The second kappa shape index (κ2) is 6.94. The highest BCUT2D eigenvalue weighted by atomic mass is 16.6. The number of nitrogens with zero attached hydrogens (tertiary/aromatic N) is 6. The Bertz CT molecular complexity index is 1220. The number of cyclic esters (lactones) is 1. The smallest absolute Gasteiger partial charge is 0.415 e. The Morgan fingerprint density at radius 1 is 1.16 bits per heavy atom. The van der Waals surface area contributed by atoms with Crippen LogP contribution in [-0.2, 0) is 11.2 Å². The number of pyridine rings is 1. The molecule has 0 radical (unpaired) electrons. The van der Waals surface area contributed by atoms with Crippen LogP contribution in [0, 0.1) is 0 Å². The number of benzene rings is 1. The lowest BCUT2D eigenvalue weighted by molar-refractivity contribution is 0.137. The second-order valence-electron chi connectivity index (χ2n) is 7.43. The Morgan fingerprint density at radius 3 is 2.87 bits per heavy atom. The maximum absolute atomic E-state index is 12.5. The normalized spacial score (nSPS) is 19.2. The van der Waals surface area contributed by atoms with Crippen molar-refractivity contribution >= 4 is 17.6 Å². The minimum Gasteiger partial charge on any atom is -0.442 e. The number of amides is 1. The predicted molar refractivity (Wildman–Crippen MR) is 110 cm³/mol. The van der Waals surface area contributed by atoms with E-state index in [1.54, 1.807) is 28.0 Å². The molecule has 2 aliphatic heterocycles. The highest BCUT2D eigenvalue weighted by Crippen LogP contribution is 2.40. The lowest BCUT2D eigenvalue weighted by Crippen LogP contribution is -2.36. The summed E-state index contributed by atoms with van der Waals surface area (Å²) in [5, 5.41) is 14.7. The Balaban J connectivity index is 1.23. The Kier molecular flexibility index (Phi) is 3.95. The van der Waals surface area contributed by atoms with E-state index in [-0.39, 0.29) is 18.2 Å². The number of aromatic nitrogens is 5. The van der Waals surface area contributed by atoms with Gasteiger partial charge in [0.15, 0.2) is 11.6 Å². The summed E-state index contributed by atoms with van der Waals surface area (Å²) in [7, 11) is 0. The number of carbonyl (C=O) groups is 1. The van der Waals surface area contributed by atoms with Crippen LogP contribution in [0.4, 0.5) is 16.3 Å². The number of anilines is 2. The summed E-state index contributed by atoms with van der Waals surface area (Å²) >= 11 is 0. The number of hydrogen-bond donors (Lipinski definition) is 1. The minimum atomic E-state index is -0.317. The fourth-order valence-corrected chi connectivity index (χ4v) is 4.16. The molecule has 1 unspecified atom stereocenters. The monoisotopic (exact) mass is 415 g/mol. The number of carbonyl (C=O) groups excluding carboxylic acids is 1. The van der Waals surface area contributed by atoms with Crippen molar-refractivity contribution in [3.05, 3.63) is 66.8 Å². The number of fused-ring (bicyclic) bond motifs is 3. The van der Waals surface area contributed by atoms with Gasteiger partial charge in [-0.2, -0.15) is 0 Å². The molecule has 4 aromatic rings. The molecule has 1 amide bonds. The van der Waals surface area contributed by atoms with E-state index in [0.29, 0.717) is 18.2 Å². The average Bonchev–Trinajstić information content (AvgIpc) is 3.58. The second-order valence-corrected chi connectivity index (χ2v) is 7.43. The van der Waals surface area contributed by atoms with Gasteiger partial charge in [-0.05, 0) is 41.8 Å². The van der Waals surface area contributed by atoms with Crippen LogP contribution in [0.25, 0.3) is 16.9 Å². The Labute approximate surface area is 176 Å². The van der Waals surface area contributed by atoms with Gasteiger partial charge in [0.25, 0.3) is 0 Å². The highest BCUT2D eigenvalue weighted by Gasteiger charge is 2.47. The van der Waals surface area contributed by atoms with Crippen molar-refractivity contribution < 1.29 is 14.1 Å². The summed E-state index contributed by atoms with van der Waals surface area (Å²) in [6.45, 7) is 0.466. The van der Waals surface area contributed by atoms with E-state index in [0.717, 1.165) is 28.8 Å². The van der Waals surface area contributed by atoms with Crippen molar-refractivity contribution in [3.63, 3.8) is 0 Å². The van der Waals surface area contributed by atoms with E-state index in [1.807, 2.05) is 30.5 Å². The molecule has 10 heteroatoms. The molecule has 2 aliphatic rings. The molecular formula is C21H17N7O3. The molecule has 6 rings (SSSR count). The van der Waals surface area contributed by atoms with Crippen molar-refractivity contribution in [1.29, 1.82) is 0 Å². The van der Waals surface area contributed by atoms with Crippen LogP contribution in [0.2, 0.25) is 0 Å². The van der Waals surface area contributed by atoms with Crippen molar-refractivity contribution in [2.45, 2.75) is 18.6 Å². The summed E-state index contributed by atoms with van der Waals surface area (Å²) in [4.78, 5) is 18.7. The maximum Gasteiger partial charge on any atom is 0.415 e. The van der Waals surface area contributed by atoms with Crippen LogP contribution in [-0.4, -0.2) is 49.9 Å². The first kappa shape index (κ1) is 17.6. The predicted octanol–water partition coefficient (Wildman–Crippen LogP) is 2.68. The van der Waals surface area contributed by atoms with Crippen molar-refractivity contribution in [3.8, 4) is 16.9 Å². The van der Waals surface area contributed by atoms with Crippen LogP contribution in [0.3, 0.4) is 0 Å². The molecule has 1 saturated heterocycles. The molecule has 2 atom stereocenters. The molecule has 10 nitrogen and oxygen atoms in total. The molecule has 1 aromatic carbocycles. The van der Waals surface area contributed by atoms with Crippen LogP contribution in [0.5, 0.6) is 0 Å². The maximum atomic E-state index is 12.5. The molecule has 3 aromatic heterocycles. The molecule has 1 N–H and O–H groups in total. The van der Waals surface area contributed by atoms with Gasteiger partial charge >= 0.3 is 6.09 Å². The molecule has 5 heterocycles. The Morgan fingerprint density at radius 2 is 2.10 bits per heavy atom. The van der Waals surface area contributed by atoms with Crippen molar-refractivity contribution in [2.24, 2.45) is 0 Å². The van der Waals surface area contributed by atoms with Crippen LogP contribution in [0.15, 0.2) is 65.8 Å². The zero-order valence-corrected chi connectivity index (χ0v) is 16.3. The summed E-state index contributed by atoms with van der Waals surface area (Å²) in [6.07, 6.45) is 6.80. The van der Waals surface area contributed by atoms with Crippen molar-refractivity contribution in [1.82, 2.24) is 25.1 Å². The van der Waals surface area contributed by atoms with E-state index in [1.165, 1.54) is 6.26 Å². The fraction of sp³-hybridized carbons (Fsp3) is 0.190. The highest BCUT2D eigenvalue weighted by molar-refractivity contribution is 5.94. The third-order valence-corrected chi connectivity index (χ3v) is 5.64. The van der Waals surface area contributed by atoms with E-state index >= 15 is 0 Å². The Hall–Kier alpha value is -4.21. The first-order valence-corrected chi connectivity index (χ1v) is 9.86. The number of hydrogen-bond acceptors (Lipinski definition) is 8. The van der Waals surface area contributed by atoms with Gasteiger partial charge in [0, 0.05) is 17.8 Å². The van der Waals surface area contributed by atoms with Gasteiger partial charge < -0.3 is 14.6 Å². The van der Waals surface area contributed by atoms with E-state index in [9.17, 15) is 4.79 Å². The van der Waals surface area contributed by atoms with Gasteiger partial charge in [-0.25, -0.2) is 14.5 Å². The summed E-state index contributed by atoms with van der Waals surface area (Å²) in [5.74, 6) is 1.32. The van der Waals surface area contributed by atoms with Gasteiger partial charge in [0.05, 0.1) is 30.7 Å². The van der Waals surface area contributed by atoms with Gasteiger partial charge in [-0.1, -0.05) is 16.4 Å². The first-order chi connectivity index (χ1) is 15.3. The summed E-state index contributed by atoms with van der Waals surface area (Å²) in [5.41, 5.74) is 4.05. The van der Waals surface area contributed by atoms with Gasteiger partial charge in [0.2, 0.25) is 0 Å². The molecule has 0 spiro atoms. The molecule has 154 valence electrons. The number of ether oxygens (including phenoxy) is 1. The third-order valence-electron chi connectivity index (χ3n) is 5.64. The van der Waals surface area contributed by atoms with Crippen LogP contribution in [0.1, 0.15) is 5.56 Å². The third kappa shape index (κ3) is 3.00. The lowest BCUT2D eigenvalue weighted by Gasteiger charge is -2.16. The zero-order valence-electron chi connectivity index (χ0n) is 16.3. The zero-order chi connectivity index (χ0) is 20.8. The molecule has 1 fully saturated rings. The fourth-order valence-electron chi connectivity index (χ4n) is 4.16. The first-order valence-electron chi connectivity index (χ1n) is 9.86. The largest absolute Gasteiger partial charge is 0.442 e. The quantitative estimate of drug-likeness (QED) is 0.530. The SMILES string of the molecule is O=C1OC(CNc2ccon2)[C@@H]2Cc3cc(-c4ccc(-n5ccnn5)nc4)ccc3N12. The lowest BCUT2D eigenvalue weighted by atomic mass is 10.0. The topological polar surface area (TPSA) is 111 Å². The van der Waals surface area contributed by atoms with E-state index in [2.05, 4.69) is 31.8 Å². The molecular weight excluding hydrogens is 398 g/mol. The van der Waals surface area contributed by atoms with Gasteiger partial charge in [-0.3, -0.25) is 4.90 Å².